The Morgan fingerprint density at radius 1 is 1.09 bits per heavy atom. The number of H-pyrrole nitrogens is 1. The third kappa shape index (κ3) is 8.45. The second-order valence-electron chi connectivity index (χ2n) is 11.9. The quantitative estimate of drug-likeness (QED) is 0.159. The van der Waals surface area contributed by atoms with E-state index in [1.807, 2.05) is 49.4 Å². The summed E-state index contributed by atoms with van der Waals surface area (Å²) in [6, 6.07) is 17.0. The van der Waals surface area contributed by atoms with Gasteiger partial charge in [0.1, 0.15) is 11.6 Å². The number of carboxylic acid groups (broad SMARTS) is 1. The number of carbonyl (C=O) groups is 3. The number of hydrogen-bond acceptors (Lipinski definition) is 6. The molecule has 0 bridgehead atoms. The standard InChI is InChI=1S/C35H39ClN4O6/c1-7-25(33(42)43)30-26(37-27-17-18-29(45-6)39-31(27)30)16-11-21-9-8-10-22(19-21)20-28(38-34(44)46-35(2,3)4)32(41)40(5)24-14-12-23(36)13-15-24/h8-19,25,28,37H,7,20H2,1-6H3,(H,38,44)(H,42,43)/b16-11+/t25-,28?/m0/s1. The zero-order valence-corrected chi connectivity index (χ0v) is 27.5. The molecule has 1 unspecified atom stereocenters. The first-order chi connectivity index (χ1) is 21.8. The average molecular weight is 647 g/mol. The number of halogens is 1. The molecule has 0 fully saturated rings. The van der Waals surface area contributed by atoms with Crippen molar-refractivity contribution in [1.29, 1.82) is 0 Å². The predicted molar refractivity (Wildman–Crippen MR) is 180 cm³/mol. The number of nitrogens with zero attached hydrogens (tertiary/aromatic N) is 2. The Morgan fingerprint density at radius 3 is 2.43 bits per heavy atom. The van der Waals surface area contributed by atoms with Crippen LogP contribution in [0, 0.1) is 0 Å². The lowest BCUT2D eigenvalue weighted by Crippen LogP contribution is -2.50. The smallest absolute Gasteiger partial charge is 0.408 e. The SMILES string of the molecule is CC[C@H](C(=O)O)c1c(/C=C/c2cccc(CC(NC(=O)OC(C)(C)C)C(=O)N(C)c3ccc(Cl)cc3)c2)[nH]c2ccc(OC)nc12. The molecule has 46 heavy (non-hydrogen) atoms. The maximum absolute atomic E-state index is 13.7. The van der Waals surface area contributed by atoms with Gasteiger partial charge in [0, 0.05) is 41.5 Å². The highest BCUT2D eigenvalue weighted by molar-refractivity contribution is 6.30. The number of benzene rings is 2. The van der Waals surface area contributed by atoms with Crippen molar-refractivity contribution in [3.05, 3.63) is 88.1 Å². The Bertz CT molecular complexity index is 1740. The van der Waals surface area contributed by atoms with Crippen molar-refractivity contribution in [2.45, 2.75) is 58.1 Å². The normalized spacial score (nSPS) is 12.9. The molecule has 2 amide bonds. The van der Waals surface area contributed by atoms with Crippen molar-refractivity contribution in [1.82, 2.24) is 15.3 Å². The van der Waals surface area contributed by atoms with Crippen molar-refractivity contribution >= 4 is 58.4 Å². The van der Waals surface area contributed by atoms with Crippen molar-refractivity contribution in [3.8, 4) is 5.88 Å². The van der Waals surface area contributed by atoms with E-state index >= 15 is 0 Å². The van der Waals surface area contributed by atoms with Gasteiger partial charge in [0.15, 0.2) is 0 Å². The second-order valence-corrected chi connectivity index (χ2v) is 12.3. The van der Waals surface area contributed by atoms with Crippen LogP contribution in [-0.2, 0) is 20.7 Å². The van der Waals surface area contributed by atoms with Crippen LogP contribution in [0.4, 0.5) is 10.5 Å². The number of methoxy groups -OCH3 is 1. The number of aliphatic carboxylic acids is 1. The minimum Gasteiger partial charge on any atom is -0.481 e. The summed E-state index contributed by atoms with van der Waals surface area (Å²) in [6.45, 7) is 7.08. The van der Waals surface area contributed by atoms with Crippen molar-refractivity contribution in [2.24, 2.45) is 0 Å². The maximum Gasteiger partial charge on any atom is 0.408 e. The van der Waals surface area contributed by atoms with Gasteiger partial charge in [0.2, 0.25) is 11.8 Å². The van der Waals surface area contributed by atoms with E-state index in [4.69, 9.17) is 21.1 Å². The molecule has 0 aliphatic carbocycles. The van der Waals surface area contributed by atoms with E-state index in [1.165, 1.54) is 12.0 Å². The number of carboxylic acids is 1. The Kier molecular flexibility index (Phi) is 10.7. The van der Waals surface area contributed by atoms with E-state index in [0.717, 1.165) is 11.1 Å². The molecule has 2 aromatic heterocycles. The number of fused-ring (bicyclic) bond motifs is 1. The number of anilines is 1. The van der Waals surface area contributed by atoms with E-state index in [0.29, 0.717) is 45.3 Å². The van der Waals surface area contributed by atoms with Gasteiger partial charge in [0.05, 0.1) is 24.1 Å². The van der Waals surface area contributed by atoms with E-state index in [9.17, 15) is 19.5 Å². The Balaban J connectivity index is 1.65. The minimum absolute atomic E-state index is 0.190. The van der Waals surface area contributed by atoms with Crippen LogP contribution >= 0.6 is 11.6 Å². The summed E-state index contributed by atoms with van der Waals surface area (Å²) in [6.07, 6.45) is 3.55. The number of rotatable bonds is 11. The molecule has 2 heterocycles. The molecule has 0 radical (unpaired) electrons. The van der Waals surface area contributed by atoms with Crippen LogP contribution in [0.2, 0.25) is 5.02 Å². The Labute approximate surface area is 273 Å². The third-order valence-electron chi connectivity index (χ3n) is 7.32. The van der Waals surface area contributed by atoms with Gasteiger partial charge in [-0.15, -0.1) is 0 Å². The molecule has 4 aromatic rings. The highest BCUT2D eigenvalue weighted by Crippen LogP contribution is 2.33. The minimum atomic E-state index is -0.943. The molecule has 3 N–H and O–H groups in total. The van der Waals surface area contributed by atoms with Crippen LogP contribution in [0.1, 0.15) is 62.4 Å². The topological polar surface area (TPSA) is 134 Å². The van der Waals surface area contributed by atoms with Gasteiger partial charge >= 0.3 is 12.1 Å². The summed E-state index contributed by atoms with van der Waals surface area (Å²) < 4.78 is 10.7. The fraction of sp³-hybridized carbons (Fsp3) is 0.314. The van der Waals surface area contributed by atoms with Crippen LogP contribution < -0.4 is 15.0 Å². The lowest BCUT2D eigenvalue weighted by molar-refractivity contribution is -0.138. The monoisotopic (exact) mass is 646 g/mol. The van der Waals surface area contributed by atoms with E-state index in [-0.39, 0.29) is 12.3 Å². The number of alkyl carbamates (subject to hydrolysis) is 1. The molecule has 4 rings (SSSR count). The lowest BCUT2D eigenvalue weighted by atomic mass is 9.95. The summed E-state index contributed by atoms with van der Waals surface area (Å²) >= 11 is 6.04. The molecular weight excluding hydrogens is 608 g/mol. The van der Waals surface area contributed by atoms with Crippen molar-refractivity contribution in [2.75, 3.05) is 19.1 Å². The van der Waals surface area contributed by atoms with E-state index in [1.54, 1.807) is 58.2 Å². The Hall–Kier alpha value is -4.83. The third-order valence-corrected chi connectivity index (χ3v) is 7.57. The van der Waals surface area contributed by atoms with Gasteiger partial charge in [-0.25, -0.2) is 9.78 Å². The number of likely N-dealkylation sites (N-methyl/N-ethyl adjacent to an activating group) is 1. The number of hydrogen-bond donors (Lipinski definition) is 3. The zero-order valence-electron chi connectivity index (χ0n) is 26.8. The van der Waals surface area contributed by atoms with E-state index in [2.05, 4.69) is 15.3 Å². The number of aromatic amines is 1. The van der Waals surface area contributed by atoms with Gasteiger partial charge in [-0.2, -0.15) is 0 Å². The number of ether oxygens (including phenoxy) is 2. The number of amides is 2. The number of nitrogens with one attached hydrogen (secondary N) is 2. The molecular formula is C35H39ClN4O6. The molecule has 0 spiro atoms. The first kappa shape index (κ1) is 34.1. The highest BCUT2D eigenvalue weighted by Gasteiger charge is 2.28. The fourth-order valence-corrected chi connectivity index (χ4v) is 5.23. The van der Waals surface area contributed by atoms with Crippen LogP contribution in [0.15, 0.2) is 60.7 Å². The van der Waals surface area contributed by atoms with Crippen LogP contribution in [-0.4, -0.2) is 58.8 Å². The number of aromatic nitrogens is 2. The number of carbonyl (C=O) groups excluding carboxylic acids is 2. The molecule has 2 atom stereocenters. The van der Waals surface area contributed by atoms with Gasteiger partial charge in [0.25, 0.3) is 0 Å². The largest absolute Gasteiger partial charge is 0.481 e. The molecule has 10 nitrogen and oxygen atoms in total. The molecule has 11 heteroatoms. The van der Waals surface area contributed by atoms with Gasteiger partial charge < -0.3 is 29.8 Å². The average Bonchev–Trinajstić information content (AvgIpc) is 3.36. The van der Waals surface area contributed by atoms with Crippen LogP contribution in [0.25, 0.3) is 23.2 Å². The first-order valence-electron chi connectivity index (χ1n) is 14.9. The molecule has 0 aliphatic heterocycles. The summed E-state index contributed by atoms with van der Waals surface area (Å²) in [4.78, 5) is 48.0. The predicted octanol–water partition coefficient (Wildman–Crippen LogP) is 7.07. The second kappa shape index (κ2) is 14.5. The summed E-state index contributed by atoms with van der Waals surface area (Å²) in [7, 11) is 3.15. The number of pyridine rings is 1. The van der Waals surface area contributed by atoms with Crippen LogP contribution in [0.3, 0.4) is 0 Å². The summed E-state index contributed by atoms with van der Waals surface area (Å²) in [5.74, 6) is -1.66. The Morgan fingerprint density at radius 2 is 1.80 bits per heavy atom. The van der Waals surface area contributed by atoms with Gasteiger partial charge in [-0.3, -0.25) is 9.59 Å². The zero-order chi connectivity index (χ0) is 33.6. The van der Waals surface area contributed by atoms with Crippen molar-refractivity contribution in [3.63, 3.8) is 0 Å². The fourth-order valence-electron chi connectivity index (χ4n) is 5.10. The van der Waals surface area contributed by atoms with Crippen molar-refractivity contribution < 1.29 is 29.0 Å². The summed E-state index contributed by atoms with van der Waals surface area (Å²) in [5, 5.41) is 13.3. The first-order valence-corrected chi connectivity index (χ1v) is 15.3. The van der Waals surface area contributed by atoms with Gasteiger partial charge in [-0.05, 0) is 74.7 Å². The molecule has 0 saturated carbocycles. The lowest BCUT2D eigenvalue weighted by Gasteiger charge is -2.27. The van der Waals surface area contributed by atoms with Crippen LogP contribution in [0.5, 0.6) is 5.88 Å². The summed E-state index contributed by atoms with van der Waals surface area (Å²) in [5.41, 5.74) is 3.92. The van der Waals surface area contributed by atoms with Gasteiger partial charge in [-0.1, -0.05) is 48.9 Å². The molecule has 242 valence electrons. The highest BCUT2D eigenvalue weighted by atomic mass is 35.5. The molecule has 2 aromatic carbocycles. The molecule has 0 saturated heterocycles. The molecule has 0 aliphatic rings. The van der Waals surface area contributed by atoms with E-state index < -0.39 is 29.6 Å². The maximum atomic E-state index is 13.7.